The lowest BCUT2D eigenvalue weighted by Crippen LogP contribution is -2.39. The van der Waals surface area contributed by atoms with E-state index in [0.29, 0.717) is 19.9 Å². The number of fused-ring (bicyclic) bond motifs is 1. The van der Waals surface area contributed by atoms with Gasteiger partial charge in [-0.25, -0.2) is 4.99 Å². The van der Waals surface area contributed by atoms with Crippen LogP contribution in [0.15, 0.2) is 11.2 Å². The van der Waals surface area contributed by atoms with Crippen molar-refractivity contribution in [1.29, 1.82) is 0 Å². The Morgan fingerprint density at radius 1 is 1.53 bits per heavy atom. The molecule has 1 aromatic heterocycles. The first-order valence-electron chi connectivity index (χ1n) is 4.60. The molecule has 1 aliphatic rings. The Kier molecular flexibility index (Phi) is 3.47. The molecule has 1 aliphatic heterocycles. The van der Waals surface area contributed by atoms with Crippen LogP contribution in [-0.4, -0.2) is 32.0 Å². The Balaban J connectivity index is 2.29. The molecule has 2 rings (SSSR count). The van der Waals surface area contributed by atoms with Crippen molar-refractivity contribution < 1.29 is 9.47 Å². The highest BCUT2D eigenvalue weighted by atomic mass is 127. The summed E-state index contributed by atoms with van der Waals surface area (Å²) in [5.41, 5.74) is 0.880. The van der Waals surface area contributed by atoms with Gasteiger partial charge in [0.1, 0.15) is 18.8 Å². The van der Waals surface area contributed by atoms with Crippen molar-refractivity contribution in [3.05, 3.63) is 20.5 Å². The number of H-pyrrole nitrogens is 1. The Hall–Kier alpha value is -0.760. The first-order valence-corrected chi connectivity index (χ1v) is 5.68. The second kappa shape index (κ2) is 4.84. The first-order chi connectivity index (χ1) is 7.33. The zero-order valence-electron chi connectivity index (χ0n) is 8.34. The Morgan fingerprint density at radius 2 is 2.40 bits per heavy atom. The van der Waals surface area contributed by atoms with E-state index >= 15 is 0 Å². The fraction of sp³-hybridized carbons (Fsp3) is 0.444. The van der Waals surface area contributed by atoms with Gasteiger partial charge in [0, 0.05) is 16.9 Å². The molecule has 0 unspecified atom stereocenters. The highest BCUT2D eigenvalue weighted by Crippen LogP contribution is 1.98. The number of hydrogen-bond donors (Lipinski definition) is 2. The summed E-state index contributed by atoms with van der Waals surface area (Å²) in [6, 6.07) is 0. The molecule has 0 saturated carbocycles. The molecule has 2 N–H and O–H groups in total. The Bertz CT molecular complexity index is 454. The molecular weight excluding hydrogens is 309 g/mol. The molecule has 0 saturated heterocycles. The van der Waals surface area contributed by atoms with Crippen LogP contribution in [-0.2, 0) is 9.47 Å². The second-order valence-electron chi connectivity index (χ2n) is 3.02. The first kappa shape index (κ1) is 10.7. The summed E-state index contributed by atoms with van der Waals surface area (Å²) in [7, 11) is 1.66. The number of hydrogen-bond acceptors (Lipinski definition) is 4. The van der Waals surface area contributed by atoms with E-state index in [-0.39, 0.29) is 0 Å². The molecule has 6 heteroatoms. The van der Waals surface area contributed by atoms with E-state index in [2.05, 4.69) is 37.9 Å². The van der Waals surface area contributed by atoms with Gasteiger partial charge in [0.15, 0.2) is 0 Å². The molecule has 0 radical (unpaired) electrons. The average molecular weight is 321 g/mol. The molecule has 0 fully saturated rings. The Labute approximate surface area is 101 Å². The van der Waals surface area contributed by atoms with Gasteiger partial charge in [0.25, 0.3) is 0 Å². The zero-order valence-corrected chi connectivity index (χ0v) is 10.5. The minimum atomic E-state index is 0.541. The van der Waals surface area contributed by atoms with Crippen LogP contribution >= 0.6 is 22.6 Å². The minimum Gasteiger partial charge on any atom is -0.476 e. The van der Waals surface area contributed by atoms with Crippen LogP contribution in [0, 0.1) is 3.57 Å². The number of nitrogens with one attached hydrogen (secondary N) is 2. The molecule has 2 heterocycles. The summed E-state index contributed by atoms with van der Waals surface area (Å²) < 4.78 is 11.6. The van der Waals surface area contributed by atoms with E-state index in [1.54, 1.807) is 7.11 Å². The maximum atomic E-state index is 5.58. The van der Waals surface area contributed by atoms with Gasteiger partial charge >= 0.3 is 0 Å². The van der Waals surface area contributed by atoms with Crippen LogP contribution in [0.1, 0.15) is 0 Å². The number of ether oxygens (including phenoxy) is 2. The van der Waals surface area contributed by atoms with Gasteiger partial charge in [-0.1, -0.05) is 0 Å². The molecule has 0 aromatic carbocycles. The molecular formula is C9H12IN3O2. The lowest BCUT2D eigenvalue weighted by atomic mass is 10.4. The van der Waals surface area contributed by atoms with Crippen LogP contribution in [0.25, 0.3) is 5.88 Å². The molecule has 82 valence electrons. The monoisotopic (exact) mass is 321 g/mol. The van der Waals surface area contributed by atoms with Crippen LogP contribution in [0.4, 0.5) is 0 Å². The number of nitrogens with zero attached hydrogens (tertiary/aromatic N) is 1. The molecule has 0 amide bonds. The van der Waals surface area contributed by atoms with Crippen molar-refractivity contribution in [3.8, 4) is 0 Å². The summed E-state index contributed by atoms with van der Waals surface area (Å²) in [6.07, 6.45) is 1.92. The number of rotatable bonds is 4. The number of methoxy groups -OCH3 is 1. The summed E-state index contributed by atoms with van der Waals surface area (Å²) in [6.45, 7) is 1.67. The van der Waals surface area contributed by atoms with Gasteiger partial charge in [-0.05, 0) is 22.6 Å². The van der Waals surface area contributed by atoms with E-state index < -0.39 is 0 Å². The van der Waals surface area contributed by atoms with Crippen LogP contribution < -0.4 is 16.0 Å². The SMILES string of the molecule is COCCOC1=c2c(I)c[nH]c2=NCN1. The largest absolute Gasteiger partial charge is 0.476 e. The standard InChI is InChI=1S/C9H12IN3O2/c1-14-2-3-15-9-7-6(10)4-11-8(7)12-5-13-9/h4,13H,2-3,5H2,1H3,(H,11,12). The molecule has 5 nitrogen and oxygen atoms in total. The van der Waals surface area contributed by atoms with Crippen molar-refractivity contribution in [3.63, 3.8) is 0 Å². The lowest BCUT2D eigenvalue weighted by molar-refractivity contribution is 0.126. The lowest BCUT2D eigenvalue weighted by Gasteiger charge is -2.13. The highest BCUT2D eigenvalue weighted by Gasteiger charge is 2.09. The van der Waals surface area contributed by atoms with E-state index in [0.717, 1.165) is 20.2 Å². The van der Waals surface area contributed by atoms with E-state index in [4.69, 9.17) is 9.47 Å². The smallest absolute Gasteiger partial charge is 0.200 e. The summed E-state index contributed by atoms with van der Waals surface area (Å²) in [5.74, 6) is 0.780. The normalized spacial score (nSPS) is 14.1. The van der Waals surface area contributed by atoms with Crippen LogP contribution in [0.3, 0.4) is 0 Å². The van der Waals surface area contributed by atoms with Crippen LogP contribution in [0.2, 0.25) is 0 Å². The van der Waals surface area contributed by atoms with E-state index in [9.17, 15) is 0 Å². The summed E-state index contributed by atoms with van der Waals surface area (Å²) in [5, 5.41) is 4.12. The molecule has 0 bridgehead atoms. The number of aromatic amines is 1. The van der Waals surface area contributed by atoms with Gasteiger partial charge in [0.2, 0.25) is 5.88 Å². The molecule has 1 aromatic rings. The van der Waals surface area contributed by atoms with E-state index in [1.165, 1.54) is 0 Å². The number of aromatic nitrogens is 1. The topological polar surface area (TPSA) is 58.6 Å². The summed E-state index contributed by atoms with van der Waals surface area (Å²) >= 11 is 2.25. The van der Waals surface area contributed by atoms with Crippen molar-refractivity contribution in [1.82, 2.24) is 10.3 Å². The number of halogens is 1. The van der Waals surface area contributed by atoms with Gasteiger partial charge in [-0.15, -0.1) is 0 Å². The molecule has 0 aliphatic carbocycles. The summed E-state index contributed by atoms with van der Waals surface area (Å²) in [4.78, 5) is 7.39. The maximum absolute atomic E-state index is 5.58. The fourth-order valence-corrected chi connectivity index (χ4v) is 2.02. The van der Waals surface area contributed by atoms with Gasteiger partial charge in [0.05, 0.1) is 11.8 Å². The molecule has 15 heavy (non-hydrogen) atoms. The van der Waals surface area contributed by atoms with Crippen molar-refractivity contribution >= 4 is 28.5 Å². The maximum Gasteiger partial charge on any atom is 0.200 e. The Morgan fingerprint density at radius 3 is 3.20 bits per heavy atom. The van der Waals surface area contributed by atoms with Crippen molar-refractivity contribution in [2.24, 2.45) is 4.99 Å². The van der Waals surface area contributed by atoms with Crippen LogP contribution in [0.5, 0.6) is 0 Å². The van der Waals surface area contributed by atoms with Gasteiger partial charge in [-0.2, -0.15) is 0 Å². The van der Waals surface area contributed by atoms with Gasteiger partial charge < -0.3 is 19.8 Å². The third-order valence-corrected chi connectivity index (χ3v) is 2.90. The van der Waals surface area contributed by atoms with Gasteiger partial charge in [-0.3, -0.25) is 0 Å². The fourth-order valence-electron chi connectivity index (χ4n) is 1.36. The van der Waals surface area contributed by atoms with Crippen molar-refractivity contribution in [2.45, 2.75) is 0 Å². The predicted molar refractivity (Wildman–Crippen MR) is 63.5 cm³/mol. The van der Waals surface area contributed by atoms with Crippen molar-refractivity contribution in [2.75, 3.05) is 27.0 Å². The minimum absolute atomic E-state index is 0.541. The predicted octanol–water partition coefficient (Wildman–Crippen LogP) is -0.472. The molecule has 0 spiro atoms. The quantitative estimate of drug-likeness (QED) is 0.582. The highest BCUT2D eigenvalue weighted by molar-refractivity contribution is 14.1. The third kappa shape index (κ3) is 2.25. The third-order valence-electron chi connectivity index (χ3n) is 2.05. The van der Waals surface area contributed by atoms with E-state index in [1.807, 2.05) is 6.20 Å². The second-order valence-corrected chi connectivity index (χ2v) is 4.19. The average Bonchev–Trinajstić information content (AvgIpc) is 2.62. The molecule has 0 atom stereocenters. The zero-order chi connectivity index (χ0) is 10.7.